The minimum Gasteiger partial charge on any atom is -0.465 e. The molecule has 21 heavy (non-hydrogen) atoms. The number of hydrogen-bond donors (Lipinski definition) is 0. The molecule has 0 radical (unpaired) electrons. The number of nitrogens with zero attached hydrogens (tertiary/aromatic N) is 3. The zero-order chi connectivity index (χ0) is 15.4. The van der Waals surface area contributed by atoms with Crippen molar-refractivity contribution in [3.63, 3.8) is 0 Å². The normalized spacial score (nSPS) is 10.1. The number of carbonyl (C=O) groups is 1. The number of rotatable bonds is 4. The lowest BCUT2D eigenvalue weighted by Crippen LogP contribution is -2.23. The largest absolute Gasteiger partial charge is 0.465 e. The van der Waals surface area contributed by atoms with Crippen LogP contribution < -0.4 is 5.69 Å². The Kier molecular flexibility index (Phi) is 4.07. The molecule has 0 amide bonds. The Morgan fingerprint density at radius 2 is 2.05 bits per heavy atom. The lowest BCUT2D eigenvalue weighted by atomic mass is 10.1. The smallest absolute Gasteiger partial charge is 0.348 e. The second kappa shape index (κ2) is 5.95. The summed E-state index contributed by atoms with van der Waals surface area (Å²) >= 11 is 0. The molecule has 0 aliphatic carbocycles. The number of benzene rings is 1. The highest BCUT2D eigenvalue weighted by Gasteiger charge is 2.10. The van der Waals surface area contributed by atoms with Gasteiger partial charge in [-0.05, 0) is 17.7 Å². The number of hydrogen-bond acceptors (Lipinski definition) is 6. The summed E-state index contributed by atoms with van der Waals surface area (Å²) in [6, 6.07) is 6.38. The van der Waals surface area contributed by atoms with Crippen LogP contribution in [0.4, 0.5) is 5.69 Å². The molecule has 0 aliphatic rings. The van der Waals surface area contributed by atoms with E-state index in [4.69, 9.17) is 0 Å². The van der Waals surface area contributed by atoms with E-state index < -0.39 is 16.6 Å². The van der Waals surface area contributed by atoms with Crippen LogP contribution in [0.15, 0.2) is 41.5 Å². The molecule has 0 bridgehead atoms. The number of methoxy groups -OCH3 is 1. The lowest BCUT2D eigenvalue weighted by Gasteiger charge is -2.05. The number of carbonyl (C=O) groups excluding carboxylic acids is 1. The Bertz CT molecular complexity index is 736. The Labute approximate surface area is 118 Å². The first kappa shape index (κ1) is 14.4. The average Bonchev–Trinajstić information content (AvgIpc) is 2.49. The summed E-state index contributed by atoms with van der Waals surface area (Å²) < 4.78 is 5.71. The molecule has 8 heteroatoms. The minimum absolute atomic E-state index is 0.120. The van der Waals surface area contributed by atoms with Gasteiger partial charge < -0.3 is 4.74 Å². The molecule has 0 fully saturated rings. The standard InChI is InChI=1S/C13H11N3O5/c1-21-12(17)10-4-2-9(3-5-10)7-15-8-11(16(19)20)6-14-13(15)18/h2-6,8H,7H2,1H3. The third kappa shape index (κ3) is 3.30. The van der Waals surface area contributed by atoms with Gasteiger partial charge in [0.25, 0.3) is 0 Å². The second-order valence-electron chi connectivity index (χ2n) is 4.17. The van der Waals surface area contributed by atoms with E-state index in [-0.39, 0.29) is 12.2 Å². The highest BCUT2D eigenvalue weighted by molar-refractivity contribution is 5.89. The zero-order valence-corrected chi connectivity index (χ0v) is 11.1. The highest BCUT2D eigenvalue weighted by atomic mass is 16.6. The van der Waals surface area contributed by atoms with Gasteiger partial charge in [-0.1, -0.05) is 12.1 Å². The van der Waals surface area contributed by atoms with E-state index in [0.717, 1.165) is 17.0 Å². The number of ether oxygens (including phenoxy) is 1. The topological polar surface area (TPSA) is 104 Å². The third-order valence-corrected chi connectivity index (χ3v) is 2.78. The fourth-order valence-electron chi connectivity index (χ4n) is 1.71. The Morgan fingerprint density at radius 1 is 1.38 bits per heavy atom. The van der Waals surface area contributed by atoms with Crippen molar-refractivity contribution in [1.29, 1.82) is 0 Å². The number of esters is 1. The van der Waals surface area contributed by atoms with E-state index >= 15 is 0 Å². The van der Waals surface area contributed by atoms with Gasteiger partial charge in [0, 0.05) is 0 Å². The quantitative estimate of drug-likeness (QED) is 0.472. The Balaban J connectivity index is 2.26. The first-order valence-corrected chi connectivity index (χ1v) is 5.89. The van der Waals surface area contributed by atoms with Crippen LogP contribution >= 0.6 is 0 Å². The maximum Gasteiger partial charge on any atom is 0.348 e. The van der Waals surface area contributed by atoms with Gasteiger partial charge in [0.1, 0.15) is 6.20 Å². The lowest BCUT2D eigenvalue weighted by molar-refractivity contribution is -0.385. The van der Waals surface area contributed by atoms with Crippen LogP contribution in [0.25, 0.3) is 0 Å². The van der Waals surface area contributed by atoms with Crippen LogP contribution in [0, 0.1) is 10.1 Å². The zero-order valence-electron chi connectivity index (χ0n) is 11.1. The van der Waals surface area contributed by atoms with Crippen molar-refractivity contribution in [3.05, 3.63) is 68.4 Å². The van der Waals surface area contributed by atoms with Crippen LogP contribution in [0.3, 0.4) is 0 Å². The van der Waals surface area contributed by atoms with Crippen molar-refractivity contribution >= 4 is 11.7 Å². The summed E-state index contributed by atoms with van der Waals surface area (Å²) in [5.74, 6) is -0.462. The van der Waals surface area contributed by atoms with Crippen LogP contribution in [0.1, 0.15) is 15.9 Å². The molecule has 8 nitrogen and oxygen atoms in total. The molecule has 2 rings (SSSR count). The van der Waals surface area contributed by atoms with Gasteiger partial charge in [-0.15, -0.1) is 0 Å². The molecule has 0 atom stereocenters. The van der Waals surface area contributed by atoms with Crippen molar-refractivity contribution in [2.45, 2.75) is 6.54 Å². The predicted molar refractivity (Wildman–Crippen MR) is 72.0 cm³/mol. The predicted octanol–water partition coefficient (Wildman–Crippen LogP) is 0.986. The van der Waals surface area contributed by atoms with Crippen LogP contribution in [-0.2, 0) is 11.3 Å². The van der Waals surface area contributed by atoms with Crippen molar-refractivity contribution in [2.75, 3.05) is 7.11 Å². The minimum atomic E-state index is -0.622. The molecule has 0 saturated carbocycles. The van der Waals surface area contributed by atoms with Gasteiger partial charge >= 0.3 is 17.3 Å². The van der Waals surface area contributed by atoms with Gasteiger partial charge in [0.2, 0.25) is 0 Å². The van der Waals surface area contributed by atoms with E-state index in [1.807, 2.05) is 0 Å². The second-order valence-corrected chi connectivity index (χ2v) is 4.17. The Hall–Kier alpha value is -3.03. The maximum absolute atomic E-state index is 11.6. The van der Waals surface area contributed by atoms with E-state index in [1.165, 1.54) is 7.11 Å². The van der Waals surface area contributed by atoms with Crippen molar-refractivity contribution in [2.24, 2.45) is 0 Å². The van der Waals surface area contributed by atoms with Crippen molar-refractivity contribution in [1.82, 2.24) is 9.55 Å². The summed E-state index contributed by atoms with van der Waals surface area (Å²) in [7, 11) is 1.28. The first-order chi connectivity index (χ1) is 10.0. The fraction of sp³-hybridized carbons (Fsp3) is 0.154. The molecular weight excluding hydrogens is 278 g/mol. The molecule has 0 saturated heterocycles. The average molecular weight is 289 g/mol. The molecule has 0 aliphatic heterocycles. The Morgan fingerprint density at radius 3 is 2.62 bits per heavy atom. The third-order valence-electron chi connectivity index (χ3n) is 2.78. The SMILES string of the molecule is COC(=O)c1ccc(Cn2cc([N+](=O)[O-])cnc2=O)cc1. The molecule has 1 aromatic carbocycles. The van der Waals surface area contributed by atoms with E-state index in [9.17, 15) is 19.7 Å². The number of nitro groups is 1. The monoisotopic (exact) mass is 289 g/mol. The van der Waals surface area contributed by atoms with Gasteiger partial charge in [0.15, 0.2) is 0 Å². The first-order valence-electron chi connectivity index (χ1n) is 5.89. The fourth-order valence-corrected chi connectivity index (χ4v) is 1.71. The van der Waals surface area contributed by atoms with E-state index in [1.54, 1.807) is 24.3 Å². The maximum atomic E-state index is 11.6. The highest BCUT2D eigenvalue weighted by Crippen LogP contribution is 2.09. The van der Waals surface area contributed by atoms with E-state index in [0.29, 0.717) is 11.1 Å². The van der Waals surface area contributed by atoms with Gasteiger partial charge in [-0.25, -0.2) is 9.59 Å². The summed E-state index contributed by atoms with van der Waals surface area (Å²) in [6.45, 7) is 0.120. The van der Waals surface area contributed by atoms with Crippen LogP contribution in [0.5, 0.6) is 0 Å². The summed E-state index contributed by atoms with van der Waals surface area (Å²) in [5.41, 5.74) is 0.233. The molecule has 108 valence electrons. The molecular formula is C13H11N3O5. The number of aromatic nitrogens is 2. The molecule has 0 spiro atoms. The molecule has 0 N–H and O–H groups in total. The van der Waals surface area contributed by atoms with Gasteiger partial charge in [-0.3, -0.25) is 14.7 Å². The van der Waals surface area contributed by atoms with Gasteiger partial charge in [0.05, 0.1) is 30.3 Å². The molecule has 2 aromatic rings. The van der Waals surface area contributed by atoms with Crippen LogP contribution in [-0.4, -0.2) is 27.6 Å². The van der Waals surface area contributed by atoms with Gasteiger partial charge in [-0.2, -0.15) is 4.98 Å². The summed E-state index contributed by atoms with van der Waals surface area (Å²) in [4.78, 5) is 36.4. The van der Waals surface area contributed by atoms with Crippen molar-refractivity contribution < 1.29 is 14.5 Å². The van der Waals surface area contributed by atoms with Crippen molar-refractivity contribution in [3.8, 4) is 0 Å². The molecule has 1 heterocycles. The molecule has 1 aromatic heterocycles. The summed E-state index contributed by atoms with van der Waals surface area (Å²) in [5, 5.41) is 10.7. The summed E-state index contributed by atoms with van der Waals surface area (Å²) in [6.07, 6.45) is 2.04. The van der Waals surface area contributed by atoms with Crippen LogP contribution in [0.2, 0.25) is 0 Å². The van der Waals surface area contributed by atoms with E-state index in [2.05, 4.69) is 9.72 Å². The molecule has 0 unspecified atom stereocenters.